The van der Waals surface area contributed by atoms with Crippen LogP contribution in [-0.4, -0.2) is 56.7 Å². The number of piperidine rings is 1. The number of hydrogen-bond donors (Lipinski definition) is 1. The van der Waals surface area contributed by atoms with Crippen molar-refractivity contribution in [2.45, 2.75) is 83.4 Å². The molecular weight excluding hydrogens is 376 g/mol. The van der Waals surface area contributed by atoms with Crippen molar-refractivity contribution >= 4 is 22.4 Å². The molecule has 7 heteroatoms. The first-order chi connectivity index (χ1) is 14.7. The molecule has 1 spiro atoms. The number of rotatable bonds is 6. The Morgan fingerprint density at radius 1 is 1.17 bits per heavy atom. The molecule has 0 aromatic carbocycles. The van der Waals surface area contributed by atoms with Gasteiger partial charge in [-0.3, -0.25) is 0 Å². The zero-order valence-electron chi connectivity index (χ0n) is 18.4. The van der Waals surface area contributed by atoms with E-state index >= 15 is 0 Å². The fourth-order valence-corrected chi connectivity index (χ4v) is 5.41. The Kier molecular flexibility index (Phi) is 5.39. The van der Waals surface area contributed by atoms with E-state index in [1.807, 2.05) is 17.1 Å². The maximum Gasteiger partial charge on any atom is 0.159 e. The lowest BCUT2D eigenvalue weighted by atomic mass is 9.92. The van der Waals surface area contributed by atoms with Gasteiger partial charge in [-0.15, -0.1) is 0 Å². The minimum Gasteiger partial charge on any atom is -0.389 e. The Morgan fingerprint density at radius 2 is 1.97 bits per heavy atom. The average molecular weight is 411 g/mol. The number of likely N-dealkylation sites (tertiary alicyclic amines) is 1. The molecule has 2 aliphatic heterocycles. The summed E-state index contributed by atoms with van der Waals surface area (Å²) in [7, 11) is 0. The number of oxime groups is 1. The van der Waals surface area contributed by atoms with Crippen LogP contribution in [0.25, 0.3) is 11.0 Å². The molecule has 4 heterocycles. The summed E-state index contributed by atoms with van der Waals surface area (Å²) in [6.07, 6.45) is 13.1. The number of fused-ring (bicyclic) bond motifs is 1. The van der Waals surface area contributed by atoms with E-state index in [0.717, 1.165) is 79.7 Å². The first-order valence-corrected chi connectivity index (χ1v) is 11.8. The molecule has 7 nitrogen and oxygen atoms in total. The summed E-state index contributed by atoms with van der Waals surface area (Å²) >= 11 is 0. The maximum atomic E-state index is 6.00. The predicted molar refractivity (Wildman–Crippen MR) is 120 cm³/mol. The van der Waals surface area contributed by atoms with Crippen LogP contribution in [0.4, 0.5) is 5.69 Å². The molecule has 1 saturated heterocycles. The van der Waals surface area contributed by atoms with Crippen molar-refractivity contribution in [2.24, 2.45) is 5.16 Å². The second-order valence-electron chi connectivity index (χ2n) is 9.20. The fourth-order valence-electron chi connectivity index (χ4n) is 5.41. The second-order valence-corrected chi connectivity index (χ2v) is 9.20. The van der Waals surface area contributed by atoms with E-state index in [1.54, 1.807) is 0 Å². The number of aromatic nitrogens is 3. The number of nitrogens with one attached hydrogen (secondary N) is 1. The SMILES string of the molecule is CCCN1CCC(Nc2c(C3=NOC4(CCCC4)C3)cnc3c2cnn3CC)CC1. The number of anilines is 1. The van der Waals surface area contributed by atoms with Gasteiger partial charge in [-0.1, -0.05) is 12.1 Å². The molecule has 3 aliphatic rings. The van der Waals surface area contributed by atoms with Gasteiger partial charge in [0.1, 0.15) is 5.60 Å². The highest BCUT2D eigenvalue weighted by atomic mass is 16.7. The summed E-state index contributed by atoms with van der Waals surface area (Å²) in [5, 5.41) is 14.1. The van der Waals surface area contributed by atoms with Gasteiger partial charge >= 0.3 is 0 Å². The third-order valence-electron chi connectivity index (χ3n) is 7.11. The van der Waals surface area contributed by atoms with E-state index < -0.39 is 0 Å². The fraction of sp³-hybridized carbons (Fsp3) is 0.696. The third kappa shape index (κ3) is 3.57. The minimum absolute atomic E-state index is 0.0688. The van der Waals surface area contributed by atoms with Crippen molar-refractivity contribution in [2.75, 3.05) is 25.0 Å². The molecule has 0 amide bonds. The van der Waals surface area contributed by atoms with Crippen molar-refractivity contribution in [3.63, 3.8) is 0 Å². The third-order valence-corrected chi connectivity index (χ3v) is 7.11. The monoisotopic (exact) mass is 410 g/mol. The maximum absolute atomic E-state index is 6.00. The molecule has 2 aromatic rings. The summed E-state index contributed by atoms with van der Waals surface area (Å²) in [6, 6.07) is 0.468. The molecule has 5 rings (SSSR count). The van der Waals surface area contributed by atoms with Crippen LogP contribution in [0.5, 0.6) is 0 Å². The molecule has 0 radical (unpaired) electrons. The Balaban J connectivity index is 1.44. The van der Waals surface area contributed by atoms with Gasteiger partial charge in [-0.25, -0.2) is 9.67 Å². The highest BCUT2D eigenvalue weighted by Gasteiger charge is 2.42. The van der Waals surface area contributed by atoms with Gasteiger partial charge in [0.15, 0.2) is 5.65 Å². The molecule has 1 saturated carbocycles. The topological polar surface area (TPSA) is 67.6 Å². The van der Waals surface area contributed by atoms with E-state index in [-0.39, 0.29) is 5.60 Å². The number of hydrogen-bond acceptors (Lipinski definition) is 6. The van der Waals surface area contributed by atoms with Gasteiger partial charge in [0.2, 0.25) is 0 Å². The van der Waals surface area contributed by atoms with Gasteiger partial charge in [0, 0.05) is 43.9 Å². The molecule has 1 aliphatic carbocycles. The first kappa shape index (κ1) is 19.8. The van der Waals surface area contributed by atoms with Crippen LogP contribution in [0.2, 0.25) is 0 Å². The summed E-state index contributed by atoms with van der Waals surface area (Å²) in [5.41, 5.74) is 4.16. The van der Waals surface area contributed by atoms with E-state index in [9.17, 15) is 0 Å². The minimum atomic E-state index is -0.0688. The summed E-state index contributed by atoms with van der Waals surface area (Å²) in [5.74, 6) is 0. The largest absolute Gasteiger partial charge is 0.389 e. The Hall–Kier alpha value is -2.15. The lowest BCUT2D eigenvalue weighted by Gasteiger charge is -2.33. The average Bonchev–Trinajstić information content (AvgIpc) is 3.50. The number of aryl methyl sites for hydroxylation is 1. The van der Waals surface area contributed by atoms with Crippen LogP contribution >= 0.6 is 0 Å². The van der Waals surface area contributed by atoms with Crippen LogP contribution < -0.4 is 5.32 Å². The first-order valence-electron chi connectivity index (χ1n) is 11.8. The molecule has 1 N–H and O–H groups in total. The second kappa shape index (κ2) is 8.17. The Bertz CT molecular complexity index is 921. The molecule has 2 fully saturated rings. The molecule has 0 unspecified atom stereocenters. The Labute approximate surface area is 178 Å². The van der Waals surface area contributed by atoms with Crippen molar-refractivity contribution in [1.29, 1.82) is 0 Å². The molecule has 30 heavy (non-hydrogen) atoms. The normalized spacial score (nSPS) is 22.0. The van der Waals surface area contributed by atoms with Gasteiger partial charge < -0.3 is 15.1 Å². The number of pyridine rings is 1. The zero-order valence-corrected chi connectivity index (χ0v) is 18.4. The summed E-state index contributed by atoms with van der Waals surface area (Å²) < 4.78 is 1.97. The summed E-state index contributed by atoms with van der Waals surface area (Å²) in [4.78, 5) is 13.4. The van der Waals surface area contributed by atoms with Crippen molar-refractivity contribution < 1.29 is 4.84 Å². The molecule has 0 bridgehead atoms. The molecule has 2 aromatic heterocycles. The van der Waals surface area contributed by atoms with E-state index in [4.69, 9.17) is 9.82 Å². The predicted octanol–water partition coefficient (Wildman–Crippen LogP) is 4.17. The summed E-state index contributed by atoms with van der Waals surface area (Å²) in [6.45, 7) is 8.72. The van der Waals surface area contributed by atoms with Gasteiger partial charge in [-0.05, 0) is 58.4 Å². The lowest BCUT2D eigenvalue weighted by Crippen LogP contribution is -2.39. The van der Waals surface area contributed by atoms with Crippen molar-refractivity contribution in [3.05, 3.63) is 18.0 Å². The van der Waals surface area contributed by atoms with Crippen LogP contribution in [0.15, 0.2) is 17.5 Å². The van der Waals surface area contributed by atoms with E-state index in [2.05, 4.69) is 34.3 Å². The highest BCUT2D eigenvalue weighted by molar-refractivity contribution is 6.10. The van der Waals surface area contributed by atoms with Crippen molar-refractivity contribution in [3.8, 4) is 0 Å². The smallest absolute Gasteiger partial charge is 0.159 e. The van der Waals surface area contributed by atoms with Crippen molar-refractivity contribution in [1.82, 2.24) is 19.7 Å². The van der Waals surface area contributed by atoms with Crippen LogP contribution in [0.3, 0.4) is 0 Å². The molecular formula is C23H34N6O. The quantitative estimate of drug-likeness (QED) is 0.774. The lowest BCUT2D eigenvalue weighted by molar-refractivity contribution is -0.0126. The highest BCUT2D eigenvalue weighted by Crippen LogP contribution is 2.42. The Morgan fingerprint density at radius 3 is 2.70 bits per heavy atom. The van der Waals surface area contributed by atoms with Crippen LogP contribution in [0, 0.1) is 0 Å². The number of nitrogens with zero attached hydrogens (tertiary/aromatic N) is 5. The molecule has 0 atom stereocenters. The standard InChI is InChI=1S/C23H34N6O/c1-3-11-28-12-7-17(8-13-28)26-21-18(15-24-22-19(21)16-25-29(22)4-2)20-14-23(30-27-20)9-5-6-10-23/h15-17H,3-14H2,1-2H3,(H,24,26). The van der Waals surface area contributed by atoms with Crippen LogP contribution in [-0.2, 0) is 11.4 Å². The zero-order chi connectivity index (χ0) is 20.6. The van der Waals surface area contributed by atoms with Crippen LogP contribution in [0.1, 0.15) is 70.8 Å². The van der Waals surface area contributed by atoms with Gasteiger partial charge in [-0.2, -0.15) is 5.10 Å². The van der Waals surface area contributed by atoms with Gasteiger partial charge in [0.05, 0.1) is 23.0 Å². The van der Waals surface area contributed by atoms with E-state index in [0.29, 0.717) is 6.04 Å². The van der Waals surface area contributed by atoms with Gasteiger partial charge in [0.25, 0.3) is 0 Å². The van der Waals surface area contributed by atoms with E-state index in [1.165, 1.54) is 25.8 Å². The molecule has 162 valence electrons.